The topological polar surface area (TPSA) is 21.3 Å². The Kier molecular flexibility index (Phi) is 1.08. The fourth-order valence-electron chi connectivity index (χ4n) is 1.80. The van der Waals surface area contributed by atoms with Crippen molar-refractivity contribution in [2.75, 3.05) is 19.8 Å². The SMILES string of the molecule is CC1CC2(CN1)COC2. The molecule has 0 aromatic heterocycles. The Bertz CT molecular complexity index is 120. The van der Waals surface area contributed by atoms with E-state index in [2.05, 4.69) is 12.2 Å². The Hall–Kier alpha value is -0.0800. The van der Waals surface area contributed by atoms with Crippen LogP contribution in [0.25, 0.3) is 0 Å². The van der Waals surface area contributed by atoms with E-state index in [9.17, 15) is 0 Å². The summed E-state index contributed by atoms with van der Waals surface area (Å²) in [6.07, 6.45) is 1.31. The van der Waals surface area contributed by atoms with Crippen LogP contribution in [0.4, 0.5) is 0 Å². The lowest BCUT2D eigenvalue weighted by Gasteiger charge is -2.37. The number of hydrogen-bond acceptors (Lipinski definition) is 2. The van der Waals surface area contributed by atoms with Gasteiger partial charge in [0, 0.05) is 18.0 Å². The van der Waals surface area contributed by atoms with Gasteiger partial charge in [-0.2, -0.15) is 0 Å². The Morgan fingerprint density at radius 2 is 2.33 bits per heavy atom. The third-order valence-corrected chi connectivity index (χ3v) is 2.38. The van der Waals surface area contributed by atoms with E-state index in [1.807, 2.05) is 0 Å². The molecular weight excluding hydrogens is 114 g/mol. The third kappa shape index (κ3) is 0.775. The maximum atomic E-state index is 5.17. The van der Waals surface area contributed by atoms with Crippen LogP contribution in [0.2, 0.25) is 0 Å². The van der Waals surface area contributed by atoms with E-state index in [0.29, 0.717) is 11.5 Å². The predicted molar refractivity (Wildman–Crippen MR) is 35.3 cm³/mol. The molecule has 1 spiro atoms. The third-order valence-electron chi connectivity index (χ3n) is 2.38. The van der Waals surface area contributed by atoms with Gasteiger partial charge in [0.15, 0.2) is 0 Å². The minimum absolute atomic E-state index is 0.555. The molecule has 0 radical (unpaired) electrons. The van der Waals surface area contributed by atoms with Crippen LogP contribution in [0.5, 0.6) is 0 Å². The highest BCUT2D eigenvalue weighted by atomic mass is 16.5. The van der Waals surface area contributed by atoms with Crippen molar-refractivity contribution in [3.63, 3.8) is 0 Å². The molecule has 2 rings (SSSR count). The summed E-state index contributed by atoms with van der Waals surface area (Å²) in [7, 11) is 0. The highest BCUT2D eigenvalue weighted by Crippen LogP contribution is 2.35. The van der Waals surface area contributed by atoms with Gasteiger partial charge in [0.2, 0.25) is 0 Å². The first kappa shape index (κ1) is 5.69. The van der Waals surface area contributed by atoms with E-state index in [1.54, 1.807) is 0 Å². The van der Waals surface area contributed by atoms with Crippen molar-refractivity contribution >= 4 is 0 Å². The van der Waals surface area contributed by atoms with Gasteiger partial charge in [-0.3, -0.25) is 0 Å². The molecule has 0 aliphatic carbocycles. The lowest BCUT2D eigenvalue weighted by atomic mass is 9.84. The Labute approximate surface area is 55.6 Å². The molecule has 1 atom stereocenters. The summed E-state index contributed by atoms with van der Waals surface area (Å²) in [5.74, 6) is 0. The molecule has 2 aliphatic heterocycles. The first-order valence-corrected chi connectivity index (χ1v) is 3.62. The molecular formula is C7H13NO. The van der Waals surface area contributed by atoms with E-state index in [1.165, 1.54) is 13.0 Å². The molecule has 0 amide bonds. The lowest BCUT2D eigenvalue weighted by molar-refractivity contribution is -0.101. The number of hydrogen-bond donors (Lipinski definition) is 1. The zero-order valence-electron chi connectivity index (χ0n) is 5.81. The molecule has 1 unspecified atom stereocenters. The van der Waals surface area contributed by atoms with Crippen LogP contribution < -0.4 is 5.32 Å². The van der Waals surface area contributed by atoms with Crippen molar-refractivity contribution in [3.05, 3.63) is 0 Å². The van der Waals surface area contributed by atoms with E-state index in [-0.39, 0.29) is 0 Å². The quantitative estimate of drug-likeness (QED) is 0.508. The average Bonchev–Trinajstić information content (AvgIpc) is 2.09. The van der Waals surface area contributed by atoms with E-state index in [0.717, 1.165) is 13.2 Å². The van der Waals surface area contributed by atoms with Crippen LogP contribution >= 0.6 is 0 Å². The summed E-state index contributed by atoms with van der Waals surface area (Å²) >= 11 is 0. The highest BCUT2D eigenvalue weighted by molar-refractivity contribution is 4.96. The minimum atomic E-state index is 0.555. The first-order valence-electron chi connectivity index (χ1n) is 3.62. The number of ether oxygens (including phenoxy) is 1. The van der Waals surface area contributed by atoms with Crippen molar-refractivity contribution in [1.29, 1.82) is 0 Å². The van der Waals surface area contributed by atoms with E-state index in [4.69, 9.17) is 4.74 Å². The second-order valence-corrected chi connectivity index (χ2v) is 3.48. The molecule has 52 valence electrons. The normalized spacial score (nSPS) is 39.0. The molecule has 1 N–H and O–H groups in total. The van der Waals surface area contributed by atoms with Crippen molar-refractivity contribution < 1.29 is 4.74 Å². The van der Waals surface area contributed by atoms with E-state index >= 15 is 0 Å². The van der Waals surface area contributed by atoms with Gasteiger partial charge in [-0.25, -0.2) is 0 Å². The summed E-state index contributed by atoms with van der Waals surface area (Å²) in [5.41, 5.74) is 0.555. The van der Waals surface area contributed by atoms with Crippen LogP contribution in [-0.4, -0.2) is 25.8 Å². The van der Waals surface area contributed by atoms with Gasteiger partial charge in [0.1, 0.15) is 0 Å². The van der Waals surface area contributed by atoms with Gasteiger partial charge >= 0.3 is 0 Å². The molecule has 2 heteroatoms. The monoisotopic (exact) mass is 127 g/mol. The van der Waals surface area contributed by atoms with Gasteiger partial charge in [-0.05, 0) is 13.3 Å². The molecule has 2 saturated heterocycles. The molecule has 0 saturated carbocycles. The predicted octanol–water partition coefficient (Wildman–Crippen LogP) is 0.385. The van der Waals surface area contributed by atoms with Crippen LogP contribution in [0.3, 0.4) is 0 Å². The minimum Gasteiger partial charge on any atom is -0.380 e. The average molecular weight is 127 g/mol. The maximum Gasteiger partial charge on any atom is 0.0557 e. The van der Waals surface area contributed by atoms with E-state index < -0.39 is 0 Å². The second kappa shape index (κ2) is 1.70. The molecule has 2 fully saturated rings. The zero-order chi connectivity index (χ0) is 6.32. The molecule has 2 aliphatic rings. The lowest BCUT2D eigenvalue weighted by Crippen LogP contribution is -2.43. The van der Waals surface area contributed by atoms with Crippen LogP contribution in [0, 0.1) is 5.41 Å². The smallest absolute Gasteiger partial charge is 0.0557 e. The summed E-state index contributed by atoms with van der Waals surface area (Å²) in [4.78, 5) is 0. The Morgan fingerprint density at radius 3 is 2.56 bits per heavy atom. The molecule has 0 aromatic carbocycles. The first-order chi connectivity index (χ1) is 4.31. The van der Waals surface area contributed by atoms with Crippen molar-refractivity contribution in [3.8, 4) is 0 Å². The zero-order valence-corrected chi connectivity index (χ0v) is 5.81. The van der Waals surface area contributed by atoms with Crippen LogP contribution in [-0.2, 0) is 4.74 Å². The van der Waals surface area contributed by atoms with Gasteiger partial charge in [0.25, 0.3) is 0 Å². The number of nitrogens with one attached hydrogen (secondary N) is 1. The van der Waals surface area contributed by atoms with Gasteiger partial charge in [-0.1, -0.05) is 0 Å². The molecule has 0 aromatic rings. The van der Waals surface area contributed by atoms with Crippen molar-refractivity contribution in [2.24, 2.45) is 5.41 Å². The fraction of sp³-hybridized carbons (Fsp3) is 1.00. The van der Waals surface area contributed by atoms with Gasteiger partial charge in [-0.15, -0.1) is 0 Å². The molecule has 9 heavy (non-hydrogen) atoms. The maximum absolute atomic E-state index is 5.17. The summed E-state index contributed by atoms with van der Waals surface area (Å²) in [6.45, 7) is 5.40. The molecule has 2 nitrogen and oxygen atoms in total. The standard InChI is InChI=1S/C7H13NO/c1-6-2-7(3-8-6)4-9-5-7/h6,8H,2-5H2,1H3. The molecule has 0 bridgehead atoms. The summed E-state index contributed by atoms with van der Waals surface area (Å²) in [6, 6.07) is 0.717. The van der Waals surface area contributed by atoms with Crippen LogP contribution in [0.15, 0.2) is 0 Å². The Morgan fingerprint density at radius 1 is 1.56 bits per heavy atom. The number of rotatable bonds is 0. The van der Waals surface area contributed by atoms with Crippen molar-refractivity contribution in [2.45, 2.75) is 19.4 Å². The van der Waals surface area contributed by atoms with Crippen molar-refractivity contribution in [1.82, 2.24) is 5.32 Å². The highest BCUT2D eigenvalue weighted by Gasteiger charge is 2.43. The van der Waals surface area contributed by atoms with Crippen LogP contribution in [0.1, 0.15) is 13.3 Å². The second-order valence-electron chi connectivity index (χ2n) is 3.48. The largest absolute Gasteiger partial charge is 0.380 e. The molecule has 2 heterocycles. The summed E-state index contributed by atoms with van der Waals surface area (Å²) < 4.78 is 5.17. The van der Waals surface area contributed by atoms with Gasteiger partial charge in [0.05, 0.1) is 13.2 Å². The fourth-order valence-corrected chi connectivity index (χ4v) is 1.80. The van der Waals surface area contributed by atoms with Gasteiger partial charge < -0.3 is 10.1 Å². The Balaban J connectivity index is 1.99. The summed E-state index contributed by atoms with van der Waals surface area (Å²) in [5, 5.41) is 3.43.